The van der Waals surface area contributed by atoms with E-state index in [2.05, 4.69) is 12.2 Å². The van der Waals surface area contributed by atoms with Gasteiger partial charge in [0, 0.05) is 5.02 Å². The molecule has 1 saturated carbocycles. The lowest BCUT2D eigenvalue weighted by Gasteiger charge is -2.42. The zero-order chi connectivity index (χ0) is 13.0. The molecule has 0 saturated heterocycles. The third-order valence-corrected chi connectivity index (χ3v) is 4.02. The fourth-order valence-corrected chi connectivity index (χ4v) is 2.71. The van der Waals surface area contributed by atoms with E-state index in [1.165, 1.54) is 6.42 Å². The largest absolute Gasteiger partial charge is 0.486 e. The summed E-state index contributed by atoms with van der Waals surface area (Å²) in [5, 5.41) is 4.58. The van der Waals surface area contributed by atoms with E-state index in [1.807, 2.05) is 12.1 Å². The molecular weight excluding hydrogens is 269 g/mol. The van der Waals surface area contributed by atoms with Crippen molar-refractivity contribution in [3.8, 4) is 5.75 Å². The van der Waals surface area contributed by atoms with E-state index >= 15 is 0 Å². The Morgan fingerprint density at radius 1 is 1.33 bits per heavy atom. The first kappa shape index (κ1) is 14.0. The standard InChI is InChI=1S/C14H19Cl2NO/c1-2-17-9-8-14(6-3-7-14)18-13-5-4-11(15)10-12(13)16/h4-5,10,17H,2-3,6-9H2,1H3. The molecule has 0 radical (unpaired) electrons. The molecule has 0 amide bonds. The second-order valence-electron chi connectivity index (χ2n) is 4.82. The first-order valence-electron chi connectivity index (χ1n) is 6.50. The molecule has 4 heteroatoms. The van der Waals surface area contributed by atoms with Crippen molar-refractivity contribution < 1.29 is 4.74 Å². The number of rotatable bonds is 6. The van der Waals surface area contributed by atoms with E-state index in [-0.39, 0.29) is 5.60 Å². The first-order chi connectivity index (χ1) is 8.65. The average Bonchev–Trinajstić information content (AvgIpc) is 2.29. The molecule has 2 rings (SSSR count). The lowest BCUT2D eigenvalue weighted by atomic mass is 9.77. The maximum absolute atomic E-state index is 6.15. The average molecular weight is 288 g/mol. The lowest BCUT2D eigenvalue weighted by molar-refractivity contribution is -0.0140. The molecule has 1 N–H and O–H groups in total. The van der Waals surface area contributed by atoms with Gasteiger partial charge < -0.3 is 10.1 Å². The third-order valence-electron chi connectivity index (χ3n) is 3.49. The molecule has 1 fully saturated rings. The summed E-state index contributed by atoms with van der Waals surface area (Å²) in [5.74, 6) is 0.747. The zero-order valence-corrected chi connectivity index (χ0v) is 12.2. The van der Waals surface area contributed by atoms with Gasteiger partial charge in [-0.05, 0) is 57.0 Å². The van der Waals surface area contributed by atoms with E-state index in [4.69, 9.17) is 27.9 Å². The van der Waals surface area contributed by atoms with Crippen LogP contribution in [0.25, 0.3) is 0 Å². The Hall–Kier alpha value is -0.440. The van der Waals surface area contributed by atoms with Gasteiger partial charge >= 0.3 is 0 Å². The number of nitrogens with one attached hydrogen (secondary N) is 1. The van der Waals surface area contributed by atoms with E-state index in [0.717, 1.165) is 38.1 Å². The molecular formula is C14H19Cl2NO. The third kappa shape index (κ3) is 3.31. The molecule has 1 aromatic carbocycles. The van der Waals surface area contributed by atoms with Gasteiger partial charge in [-0.15, -0.1) is 0 Å². The highest BCUT2D eigenvalue weighted by Gasteiger charge is 2.39. The normalized spacial score (nSPS) is 17.3. The number of benzene rings is 1. The number of hydrogen-bond acceptors (Lipinski definition) is 2. The molecule has 0 bridgehead atoms. The Kier molecular flexibility index (Phi) is 4.77. The predicted molar refractivity (Wildman–Crippen MR) is 76.8 cm³/mol. The number of hydrogen-bond donors (Lipinski definition) is 1. The van der Waals surface area contributed by atoms with Crippen LogP contribution in [0.2, 0.25) is 10.0 Å². The minimum Gasteiger partial charge on any atom is -0.486 e. The van der Waals surface area contributed by atoms with Gasteiger partial charge in [-0.1, -0.05) is 30.1 Å². The van der Waals surface area contributed by atoms with Crippen LogP contribution in [0.1, 0.15) is 32.6 Å². The van der Waals surface area contributed by atoms with Crippen molar-refractivity contribution in [2.24, 2.45) is 0 Å². The van der Waals surface area contributed by atoms with Crippen LogP contribution >= 0.6 is 23.2 Å². The highest BCUT2D eigenvalue weighted by Crippen LogP contribution is 2.41. The van der Waals surface area contributed by atoms with Crippen LogP contribution in [0.15, 0.2) is 18.2 Å². The van der Waals surface area contributed by atoms with Gasteiger partial charge in [-0.3, -0.25) is 0 Å². The maximum atomic E-state index is 6.15. The summed E-state index contributed by atoms with van der Waals surface area (Å²) < 4.78 is 6.14. The summed E-state index contributed by atoms with van der Waals surface area (Å²) >= 11 is 12.0. The van der Waals surface area contributed by atoms with Crippen LogP contribution in [0.3, 0.4) is 0 Å². The van der Waals surface area contributed by atoms with Crippen molar-refractivity contribution in [1.82, 2.24) is 5.32 Å². The van der Waals surface area contributed by atoms with Crippen LogP contribution in [0.4, 0.5) is 0 Å². The van der Waals surface area contributed by atoms with Crippen LogP contribution in [0, 0.1) is 0 Å². The Labute approximate surface area is 119 Å². The van der Waals surface area contributed by atoms with Crippen molar-refractivity contribution in [3.05, 3.63) is 28.2 Å². The summed E-state index contributed by atoms with van der Waals surface area (Å²) in [5.41, 5.74) is -0.0281. The molecule has 0 heterocycles. The summed E-state index contributed by atoms with van der Waals surface area (Å²) in [6.07, 6.45) is 4.48. The van der Waals surface area contributed by atoms with Crippen LogP contribution < -0.4 is 10.1 Å². The Bertz CT molecular complexity index is 405. The highest BCUT2D eigenvalue weighted by molar-refractivity contribution is 6.35. The van der Waals surface area contributed by atoms with E-state index in [1.54, 1.807) is 6.07 Å². The van der Waals surface area contributed by atoms with Crippen LogP contribution in [0.5, 0.6) is 5.75 Å². The fourth-order valence-electron chi connectivity index (χ4n) is 2.26. The zero-order valence-electron chi connectivity index (χ0n) is 10.6. The maximum Gasteiger partial charge on any atom is 0.138 e. The molecule has 100 valence electrons. The van der Waals surface area contributed by atoms with E-state index in [0.29, 0.717) is 10.0 Å². The van der Waals surface area contributed by atoms with Gasteiger partial charge in [0.2, 0.25) is 0 Å². The van der Waals surface area contributed by atoms with Crippen molar-refractivity contribution >= 4 is 23.2 Å². The Morgan fingerprint density at radius 3 is 2.67 bits per heavy atom. The smallest absolute Gasteiger partial charge is 0.138 e. The molecule has 0 aromatic heterocycles. The molecule has 1 aliphatic carbocycles. The monoisotopic (exact) mass is 287 g/mol. The van der Waals surface area contributed by atoms with E-state index < -0.39 is 0 Å². The number of ether oxygens (including phenoxy) is 1. The molecule has 1 aliphatic rings. The Morgan fingerprint density at radius 2 is 2.11 bits per heavy atom. The molecule has 1 aromatic rings. The van der Waals surface area contributed by atoms with Crippen molar-refractivity contribution in [2.75, 3.05) is 13.1 Å². The SMILES string of the molecule is CCNCCC1(Oc2ccc(Cl)cc2Cl)CCC1. The minimum atomic E-state index is -0.0281. The van der Waals surface area contributed by atoms with E-state index in [9.17, 15) is 0 Å². The summed E-state index contributed by atoms with van der Waals surface area (Å²) in [6.45, 7) is 4.10. The summed E-state index contributed by atoms with van der Waals surface area (Å²) in [6, 6.07) is 5.41. The first-order valence-corrected chi connectivity index (χ1v) is 7.26. The summed E-state index contributed by atoms with van der Waals surface area (Å²) in [4.78, 5) is 0. The van der Waals surface area contributed by atoms with Gasteiger partial charge in [0.05, 0.1) is 5.02 Å². The number of halogens is 2. The van der Waals surface area contributed by atoms with Gasteiger partial charge in [0.15, 0.2) is 0 Å². The predicted octanol–water partition coefficient (Wildman–Crippen LogP) is 4.29. The Balaban J connectivity index is 2.01. The van der Waals surface area contributed by atoms with Crippen molar-refractivity contribution in [2.45, 2.75) is 38.2 Å². The quantitative estimate of drug-likeness (QED) is 0.788. The second-order valence-corrected chi connectivity index (χ2v) is 5.66. The minimum absolute atomic E-state index is 0.0281. The lowest BCUT2D eigenvalue weighted by Crippen LogP contribution is -2.45. The van der Waals surface area contributed by atoms with Gasteiger partial charge in [-0.25, -0.2) is 0 Å². The van der Waals surface area contributed by atoms with Crippen molar-refractivity contribution in [3.63, 3.8) is 0 Å². The molecule has 0 unspecified atom stereocenters. The van der Waals surface area contributed by atoms with Gasteiger partial charge in [0.25, 0.3) is 0 Å². The second kappa shape index (κ2) is 6.14. The highest BCUT2D eigenvalue weighted by atomic mass is 35.5. The molecule has 2 nitrogen and oxygen atoms in total. The topological polar surface area (TPSA) is 21.3 Å². The molecule has 0 aliphatic heterocycles. The molecule has 0 atom stereocenters. The fraction of sp³-hybridized carbons (Fsp3) is 0.571. The van der Waals surface area contributed by atoms with Crippen LogP contribution in [-0.2, 0) is 0 Å². The summed E-state index contributed by atoms with van der Waals surface area (Å²) in [7, 11) is 0. The molecule has 18 heavy (non-hydrogen) atoms. The van der Waals surface area contributed by atoms with Gasteiger partial charge in [0.1, 0.15) is 11.4 Å². The molecule has 0 spiro atoms. The van der Waals surface area contributed by atoms with Crippen molar-refractivity contribution in [1.29, 1.82) is 0 Å². The van der Waals surface area contributed by atoms with Crippen LogP contribution in [-0.4, -0.2) is 18.7 Å². The van der Waals surface area contributed by atoms with Gasteiger partial charge in [-0.2, -0.15) is 0 Å².